The zero-order valence-corrected chi connectivity index (χ0v) is 9.55. The summed E-state index contributed by atoms with van der Waals surface area (Å²) in [5.74, 6) is 3.63. The van der Waals surface area contributed by atoms with Crippen LogP contribution in [0.4, 0.5) is 8.78 Å². The fourth-order valence-corrected chi connectivity index (χ4v) is 1.51. The van der Waals surface area contributed by atoms with Crippen molar-refractivity contribution < 1.29 is 13.5 Å². The van der Waals surface area contributed by atoms with E-state index >= 15 is 0 Å². The van der Waals surface area contributed by atoms with Gasteiger partial charge in [-0.05, 0) is 31.5 Å². The van der Waals surface area contributed by atoms with Crippen molar-refractivity contribution >= 4 is 0 Å². The predicted octanol–water partition coefficient (Wildman–Crippen LogP) is 1.89. The molecule has 0 spiro atoms. The third kappa shape index (κ3) is 2.55. The molecular weight excluding hydrogens is 214 g/mol. The first kappa shape index (κ1) is 13.0. The van der Waals surface area contributed by atoms with Gasteiger partial charge >= 0.3 is 0 Å². The normalized spacial score (nSPS) is 13.9. The second kappa shape index (κ2) is 4.86. The fraction of sp³-hybridized carbons (Fsp3) is 0.455. The summed E-state index contributed by atoms with van der Waals surface area (Å²) >= 11 is 0. The molecule has 1 unspecified atom stereocenters. The van der Waals surface area contributed by atoms with Crippen LogP contribution in [0.3, 0.4) is 0 Å². The van der Waals surface area contributed by atoms with Crippen LogP contribution in [0.25, 0.3) is 0 Å². The summed E-state index contributed by atoms with van der Waals surface area (Å²) in [7, 11) is 1.53. The Kier molecular flexibility index (Phi) is 3.96. The highest BCUT2D eigenvalue weighted by molar-refractivity contribution is 5.23. The van der Waals surface area contributed by atoms with Gasteiger partial charge in [0, 0.05) is 7.11 Å². The second-order valence-electron chi connectivity index (χ2n) is 4.08. The number of benzene rings is 1. The number of hydrogen-bond donors (Lipinski definition) is 2. The Balaban J connectivity index is 3.09. The molecule has 0 bridgehead atoms. The van der Waals surface area contributed by atoms with Crippen molar-refractivity contribution in [1.29, 1.82) is 0 Å². The number of methoxy groups -OCH3 is 1. The van der Waals surface area contributed by atoms with Crippen LogP contribution in [0, 0.1) is 11.6 Å². The van der Waals surface area contributed by atoms with Gasteiger partial charge in [0.25, 0.3) is 0 Å². The lowest BCUT2D eigenvalue weighted by atomic mass is 9.92. The van der Waals surface area contributed by atoms with Crippen LogP contribution in [-0.4, -0.2) is 12.7 Å². The van der Waals surface area contributed by atoms with Gasteiger partial charge in [0.2, 0.25) is 0 Å². The van der Waals surface area contributed by atoms with Gasteiger partial charge in [-0.2, -0.15) is 0 Å². The highest BCUT2D eigenvalue weighted by atomic mass is 19.2. The molecule has 0 aliphatic heterocycles. The van der Waals surface area contributed by atoms with Gasteiger partial charge in [0.15, 0.2) is 11.6 Å². The zero-order valence-electron chi connectivity index (χ0n) is 9.55. The number of hydrogen-bond acceptors (Lipinski definition) is 3. The van der Waals surface area contributed by atoms with Crippen LogP contribution in [0.2, 0.25) is 0 Å². The standard InChI is InChI=1S/C11H16F2N2O/c1-11(2,16-3)10(15-14)7-4-5-8(12)9(13)6-7/h4-6,10,15H,14H2,1-3H3. The molecule has 0 aliphatic carbocycles. The summed E-state index contributed by atoms with van der Waals surface area (Å²) in [5, 5.41) is 0. The van der Waals surface area contributed by atoms with Crippen LogP contribution in [0.1, 0.15) is 25.5 Å². The molecule has 90 valence electrons. The average molecular weight is 230 g/mol. The van der Waals surface area contributed by atoms with Crippen LogP contribution in [-0.2, 0) is 4.74 Å². The first-order chi connectivity index (χ1) is 7.42. The van der Waals surface area contributed by atoms with Crippen molar-refractivity contribution in [3.8, 4) is 0 Å². The molecule has 1 aromatic rings. The maximum Gasteiger partial charge on any atom is 0.159 e. The van der Waals surface area contributed by atoms with Gasteiger partial charge in [-0.1, -0.05) is 6.07 Å². The lowest BCUT2D eigenvalue weighted by Crippen LogP contribution is -2.44. The highest BCUT2D eigenvalue weighted by Crippen LogP contribution is 2.28. The Labute approximate surface area is 93.6 Å². The van der Waals surface area contributed by atoms with Crippen molar-refractivity contribution in [2.24, 2.45) is 5.84 Å². The molecule has 3 N–H and O–H groups in total. The van der Waals surface area contributed by atoms with E-state index < -0.39 is 23.3 Å². The molecule has 0 heterocycles. The van der Waals surface area contributed by atoms with Gasteiger partial charge in [0.05, 0.1) is 11.6 Å². The molecule has 0 fully saturated rings. The topological polar surface area (TPSA) is 47.3 Å². The van der Waals surface area contributed by atoms with Crippen molar-refractivity contribution in [3.05, 3.63) is 35.4 Å². The van der Waals surface area contributed by atoms with Crippen molar-refractivity contribution in [3.63, 3.8) is 0 Å². The SMILES string of the molecule is COC(C)(C)C(NN)c1ccc(F)c(F)c1. The summed E-state index contributed by atoms with van der Waals surface area (Å²) in [6, 6.07) is 3.23. The number of halogens is 2. The molecule has 5 heteroatoms. The Morgan fingerprint density at radius 1 is 1.31 bits per heavy atom. The number of ether oxygens (including phenoxy) is 1. The summed E-state index contributed by atoms with van der Waals surface area (Å²) in [4.78, 5) is 0. The highest BCUT2D eigenvalue weighted by Gasteiger charge is 2.30. The fourth-order valence-electron chi connectivity index (χ4n) is 1.51. The maximum atomic E-state index is 13.1. The Bertz CT molecular complexity index is 369. The van der Waals surface area contributed by atoms with E-state index in [2.05, 4.69) is 5.43 Å². The second-order valence-corrected chi connectivity index (χ2v) is 4.08. The van der Waals surface area contributed by atoms with Crippen LogP contribution >= 0.6 is 0 Å². The summed E-state index contributed by atoms with van der Waals surface area (Å²) < 4.78 is 31.1. The zero-order chi connectivity index (χ0) is 12.3. The molecule has 16 heavy (non-hydrogen) atoms. The molecule has 1 aromatic carbocycles. The predicted molar refractivity (Wildman–Crippen MR) is 57.5 cm³/mol. The minimum absolute atomic E-state index is 0.424. The largest absolute Gasteiger partial charge is 0.377 e. The van der Waals surface area contributed by atoms with Gasteiger partial charge in [-0.3, -0.25) is 11.3 Å². The van der Waals surface area contributed by atoms with Crippen molar-refractivity contribution in [2.75, 3.05) is 7.11 Å². The van der Waals surface area contributed by atoms with Gasteiger partial charge in [-0.25, -0.2) is 8.78 Å². The summed E-state index contributed by atoms with van der Waals surface area (Å²) in [5.41, 5.74) is 2.45. The van der Waals surface area contributed by atoms with E-state index in [1.54, 1.807) is 13.8 Å². The van der Waals surface area contributed by atoms with E-state index in [4.69, 9.17) is 10.6 Å². The molecular formula is C11H16F2N2O. The Hall–Kier alpha value is -1.04. The molecule has 1 rings (SSSR count). The van der Waals surface area contributed by atoms with Crippen molar-refractivity contribution in [1.82, 2.24) is 5.43 Å². The van der Waals surface area contributed by atoms with E-state index in [1.807, 2.05) is 0 Å². The lowest BCUT2D eigenvalue weighted by molar-refractivity contribution is -0.0112. The van der Waals surface area contributed by atoms with E-state index in [0.717, 1.165) is 12.1 Å². The third-order valence-electron chi connectivity index (χ3n) is 2.66. The molecule has 0 aliphatic rings. The van der Waals surface area contributed by atoms with E-state index in [-0.39, 0.29) is 0 Å². The number of nitrogens with two attached hydrogens (primary N) is 1. The minimum Gasteiger partial charge on any atom is -0.377 e. The summed E-state index contributed by atoms with van der Waals surface area (Å²) in [6.07, 6.45) is 0. The van der Waals surface area contributed by atoms with Crippen molar-refractivity contribution in [2.45, 2.75) is 25.5 Å². The lowest BCUT2D eigenvalue weighted by Gasteiger charge is -2.32. The van der Waals surface area contributed by atoms with E-state index in [9.17, 15) is 8.78 Å². The number of rotatable bonds is 4. The quantitative estimate of drug-likeness (QED) is 0.613. The molecule has 0 radical (unpaired) electrons. The molecule has 0 amide bonds. The average Bonchev–Trinajstić information content (AvgIpc) is 2.24. The maximum absolute atomic E-state index is 13.1. The first-order valence-electron chi connectivity index (χ1n) is 4.88. The molecule has 1 atom stereocenters. The van der Waals surface area contributed by atoms with Crippen LogP contribution in [0.15, 0.2) is 18.2 Å². The van der Waals surface area contributed by atoms with E-state index in [0.29, 0.717) is 5.56 Å². The van der Waals surface area contributed by atoms with Gasteiger partial charge in [0.1, 0.15) is 0 Å². The Morgan fingerprint density at radius 2 is 1.94 bits per heavy atom. The summed E-state index contributed by atoms with van der Waals surface area (Å²) in [6.45, 7) is 3.61. The first-order valence-corrected chi connectivity index (χ1v) is 4.88. The number of hydrazine groups is 1. The number of nitrogens with one attached hydrogen (secondary N) is 1. The smallest absolute Gasteiger partial charge is 0.159 e. The monoisotopic (exact) mass is 230 g/mol. The van der Waals surface area contributed by atoms with Gasteiger partial charge < -0.3 is 4.74 Å². The molecule has 3 nitrogen and oxygen atoms in total. The van der Waals surface area contributed by atoms with Crippen LogP contribution < -0.4 is 11.3 Å². The van der Waals surface area contributed by atoms with Crippen LogP contribution in [0.5, 0.6) is 0 Å². The molecule has 0 aromatic heterocycles. The van der Waals surface area contributed by atoms with E-state index in [1.165, 1.54) is 13.2 Å². The molecule has 0 saturated heterocycles. The Morgan fingerprint density at radius 3 is 2.38 bits per heavy atom. The van der Waals surface area contributed by atoms with Gasteiger partial charge in [-0.15, -0.1) is 0 Å². The third-order valence-corrected chi connectivity index (χ3v) is 2.66. The molecule has 0 saturated carbocycles. The minimum atomic E-state index is -0.898.